The van der Waals surface area contributed by atoms with E-state index in [1.165, 1.54) is 5.56 Å². The first kappa shape index (κ1) is 18.2. The molecule has 26 heavy (non-hydrogen) atoms. The average molecular weight is 354 g/mol. The Labute approximate surface area is 154 Å². The van der Waals surface area contributed by atoms with Gasteiger partial charge in [-0.25, -0.2) is 4.98 Å². The smallest absolute Gasteiger partial charge is 0.241 e. The summed E-state index contributed by atoms with van der Waals surface area (Å²) in [6, 6.07) is 10.0. The monoisotopic (exact) mass is 354 g/mol. The van der Waals surface area contributed by atoms with Crippen LogP contribution in [0.25, 0.3) is 0 Å². The van der Waals surface area contributed by atoms with Crippen LogP contribution in [-0.4, -0.2) is 57.8 Å². The molecule has 0 N–H and O–H groups in total. The number of amides is 2. The van der Waals surface area contributed by atoms with Gasteiger partial charge in [-0.15, -0.1) is 0 Å². The number of aromatic nitrogens is 2. The Hall–Kier alpha value is -2.63. The normalized spacial score (nSPS) is 16.9. The summed E-state index contributed by atoms with van der Waals surface area (Å²) in [7, 11) is 3.77. The predicted molar refractivity (Wildman–Crippen MR) is 99.5 cm³/mol. The van der Waals surface area contributed by atoms with Gasteiger partial charge >= 0.3 is 0 Å². The van der Waals surface area contributed by atoms with E-state index in [1.54, 1.807) is 23.0 Å². The number of aryl methyl sites for hydroxylation is 2. The summed E-state index contributed by atoms with van der Waals surface area (Å²) in [6.07, 6.45) is 5.88. The number of rotatable bonds is 7. The second kappa shape index (κ2) is 8.17. The van der Waals surface area contributed by atoms with Gasteiger partial charge in [0, 0.05) is 58.3 Å². The van der Waals surface area contributed by atoms with Crippen LogP contribution >= 0.6 is 0 Å². The van der Waals surface area contributed by atoms with Crippen molar-refractivity contribution < 1.29 is 9.59 Å². The zero-order valence-electron chi connectivity index (χ0n) is 15.5. The fourth-order valence-corrected chi connectivity index (χ4v) is 3.39. The molecule has 1 aliphatic heterocycles. The summed E-state index contributed by atoms with van der Waals surface area (Å²) in [4.78, 5) is 32.4. The number of benzene rings is 1. The van der Waals surface area contributed by atoms with Gasteiger partial charge in [-0.1, -0.05) is 30.3 Å². The van der Waals surface area contributed by atoms with Crippen molar-refractivity contribution in [1.82, 2.24) is 19.4 Å². The van der Waals surface area contributed by atoms with E-state index in [4.69, 9.17) is 0 Å². The Morgan fingerprint density at radius 3 is 2.77 bits per heavy atom. The average Bonchev–Trinajstić information content (AvgIpc) is 3.21. The first-order valence-electron chi connectivity index (χ1n) is 9.07. The highest BCUT2D eigenvalue weighted by atomic mass is 16.2. The van der Waals surface area contributed by atoms with Crippen molar-refractivity contribution in [2.24, 2.45) is 7.05 Å². The highest BCUT2D eigenvalue weighted by Gasteiger charge is 2.32. The molecule has 0 spiro atoms. The second-order valence-electron chi connectivity index (χ2n) is 6.96. The number of likely N-dealkylation sites (tertiary alicyclic amines) is 1. The fourth-order valence-electron chi connectivity index (χ4n) is 3.39. The molecule has 2 heterocycles. The largest absolute Gasteiger partial charge is 0.344 e. The number of hydrogen-bond acceptors (Lipinski definition) is 3. The van der Waals surface area contributed by atoms with Crippen LogP contribution in [0.4, 0.5) is 0 Å². The molecule has 2 aromatic rings. The highest BCUT2D eigenvalue weighted by Crippen LogP contribution is 2.27. The van der Waals surface area contributed by atoms with Crippen LogP contribution in [-0.2, 0) is 23.1 Å². The number of likely N-dealkylation sites (N-methyl/N-ethyl adjacent to an activating group) is 1. The van der Waals surface area contributed by atoms with Crippen LogP contribution in [0, 0.1) is 0 Å². The van der Waals surface area contributed by atoms with Gasteiger partial charge in [0.2, 0.25) is 11.8 Å². The van der Waals surface area contributed by atoms with Gasteiger partial charge in [0.05, 0.1) is 6.54 Å². The third kappa shape index (κ3) is 4.31. The summed E-state index contributed by atoms with van der Waals surface area (Å²) in [6.45, 7) is 1.45. The maximum Gasteiger partial charge on any atom is 0.241 e. The van der Waals surface area contributed by atoms with Gasteiger partial charge in [0.1, 0.15) is 5.82 Å². The molecule has 0 saturated carbocycles. The maximum atomic E-state index is 12.5. The van der Waals surface area contributed by atoms with Crippen LogP contribution in [0.2, 0.25) is 0 Å². The quantitative estimate of drug-likeness (QED) is 0.762. The van der Waals surface area contributed by atoms with Gasteiger partial charge < -0.3 is 14.4 Å². The molecule has 6 nitrogen and oxygen atoms in total. The van der Waals surface area contributed by atoms with Crippen molar-refractivity contribution in [2.45, 2.75) is 25.2 Å². The number of carbonyl (C=O) groups is 2. The number of hydrogen-bond donors (Lipinski definition) is 0. The van der Waals surface area contributed by atoms with E-state index in [0.717, 1.165) is 18.7 Å². The third-order valence-corrected chi connectivity index (χ3v) is 5.05. The third-order valence-electron chi connectivity index (χ3n) is 5.05. The van der Waals surface area contributed by atoms with Crippen LogP contribution < -0.4 is 0 Å². The van der Waals surface area contributed by atoms with Gasteiger partial charge in [-0.2, -0.15) is 0 Å². The first-order valence-corrected chi connectivity index (χ1v) is 9.07. The Morgan fingerprint density at radius 1 is 1.31 bits per heavy atom. The SMILES string of the molecule is CN(CCCc1nccn1C)C(=O)CN1C[C@@H](c2ccccc2)CC1=O. The molecular weight excluding hydrogens is 328 g/mol. The van der Waals surface area contributed by atoms with Crippen molar-refractivity contribution in [3.63, 3.8) is 0 Å². The summed E-state index contributed by atoms with van der Waals surface area (Å²) in [5.74, 6) is 1.26. The molecule has 1 aromatic carbocycles. The molecule has 1 aliphatic rings. The summed E-state index contributed by atoms with van der Waals surface area (Å²) >= 11 is 0. The number of carbonyl (C=O) groups excluding carboxylic acids is 2. The van der Waals surface area contributed by atoms with Crippen LogP contribution in [0.5, 0.6) is 0 Å². The fraction of sp³-hybridized carbons (Fsp3) is 0.450. The number of nitrogens with zero attached hydrogens (tertiary/aromatic N) is 4. The lowest BCUT2D eigenvalue weighted by Crippen LogP contribution is -2.39. The van der Waals surface area contributed by atoms with Crippen LogP contribution in [0.1, 0.15) is 30.1 Å². The topological polar surface area (TPSA) is 58.4 Å². The molecule has 1 atom stereocenters. The van der Waals surface area contributed by atoms with Gasteiger partial charge in [0.15, 0.2) is 0 Å². The molecular formula is C20H26N4O2. The van der Waals surface area contributed by atoms with E-state index in [0.29, 0.717) is 19.5 Å². The van der Waals surface area contributed by atoms with Crippen molar-refractivity contribution in [2.75, 3.05) is 26.7 Å². The van der Waals surface area contributed by atoms with E-state index in [2.05, 4.69) is 4.98 Å². The molecule has 0 bridgehead atoms. The van der Waals surface area contributed by atoms with E-state index in [1.807, 2.05) is 48.1 Å². The molecule has 1 fully saturated rings. The molecule has 6 heteroatoms. The van der Waals surface area contributed by atoms with E-state index in [-0.39, 0.29) is 24.3 Å². The first-order chi connectivity index (χ1) is 12.5. The van der Waals surface area contributed by atoms with Crippen molar-refractivity contribution in [3.05, 3.63) is 54.1 Å². The van der Waals surface area contributed by atoms with E-state index in [9.17, 15) is 9.59 Å². The van der Waals surface area contributed by atoms with Gasteiger partial charge in [-0.3, -0.25) is 9.59 Å². The minimum atomic E-state index is -0.00750. The summed E-state index contributed by atoms with van der Waals surface area (Å²) in [5, 5.41) is 0. The molecule has 1 aromatic heterocycles. The molecule has 0 radical (unpaired) electrons. The number of imidazole rings is 1. The standard InChI is InChI=1S/C20H26N4O2/c1-22-12-10-21-18(22)9-6-11-23(2)20(26)15-24-14-17(13-19(24)25)16-7-4-3-5-8-16/h3-5,7-8,10,12,17H,6,9,11,13-15H2,1-2H3/t17-/m0/s1. The molecule has 1 saturated heterocycles. The predicted octanol–water partition coefficient (Wildman–Crippen LogP) is 1.83. The lowest BCUT2D eigenvalue weighted by atomic mass is 9.99. The molecule has 3 rings (SSSR count). The Kier molecular flexibility index (Phi) is 5.71. The summed E-state index contributed by atoms with van der Waals surface area (Å²) < 4.78 is 1.99. The highest BCUT2D eigenvalue weighted by molar-refractivity contribution is 5.86. The minimum Gasteiger partial charge on any atom is -0.344 e. The lowest BCUT2D eigenvalue weighted by Gasteiger charge is -2.22. The maximum absolute atomic E-state index is 12.5. The minimum absolute atomic E-state index is 0.00750. The van der Waals surface area contributed by atoms with Crippen molar-refractivity contribution in [3.8, 4) is 0 Å². The molecule has 138 valence electrons. The van der Waals surface area contributed by atoms with Crippen molar-refractivity contribution >= 4 is 11.8 Å². The zero-order chi connectivity index (χ0) is 18.5. The van der Waals surface area contributed by atoms with E-state index < -0.39 is 0 Å². The Morgan fingerprint density at radius 2 is 2.08 bits per heavy atom. The lowest BCUT2D eigenvalue weighted by molar-refractivity contribution is -0.137. The van der Waals surface area contributed by atoms with Gasteiger partial charge in [0.25, 0.3) is 0 Å². The van der Waals surface area contributed by atoms with Gasteiger partial charge in [-0.05, 0) is 12.0 Å². The van der Waals surface area contributed by atoms with E-state index >= 15 is 0 Å². The van der Waals surface area contributed by atoms with Crippen LogP contribution in [0.15, 0.2) is 42.7 Å². The summed E-state index contributed by atoms with van der Waals surface area (Å²) in [5.41, 5.74) is 1.17. The zero-order valence-corrected chi connectivity index (χ0v) is 15.5. The molecule has 0 aliphatic carbocycles. The van der Waals surface area contributed by atoms with Crippen molar-refractivity contribution in [1.29, 1.82) is 0 Å². The Bertz CT molecular complexity index is 756. The van der Waals surface area contributed by atoms with Crippen LogP contribution in [0.3, 0.4) is 0 Å². The Balaban J connectivity index is 1.46. The molecule has 2 amide bonds. The second-order valence-corrected chi connectivity index (χ2v) is 6.96. The molecule has 0 unspecified atom stereocenters.